The number of benzene rings is 4. The second-order valence-corrected chi connectivity index (χ2v) is 24.4. The van der Waals surface area contributed by atoms with E-state index in [0.29, 0.717) is 6.61 Å². The number of unbranched alkanes of at least 4 members (excludes halogenated alkanes) is 4. The monoisotopic (exact) mass is 762 g/mol. The van der Waals surface area contributed by atoms with Crippen molar-refractivity contribution in [3.05, 3.63) is 133 Å². The SMILES string of the molecule is CC(C)(C)[Si](OCC/C=C\CCCCO)(c1ccccc1)c1ccccc1.CC(C)(C)[Si](OCCC#CCCCCO)(c1ccccc1)c1ccccc1. The number of hydrogen-bond acceptors (Lipinski definition) is 4. The van der Waals surface area contributed by atoms with Crippen LogP contribution in [0.15, 0.2) is 133 Å². The van der Waals surface area contributed by atoms with Crippen LogP contribution in [0.3, 0.4) is 0 Å². The highest BCUT2D eigenvalue weighted by Crippen LogP contribution is 2.38. The fraction of sp³-hybridized carbons (Fsp3) is 0.417. The molecule has 2 N–H and O–H groups in total. The lowest BCUT2D eigenvalue weighted by molar-refractivity contribution is 0.285. The first-order valence-electron chi connectivity index (χ1n) is 19.9. The minimum absolute atomic E-state index is 0.00423. The molecule has 0 aliphatic carbocycles. The van der Waals surface area contributed by atoms with E-state index in [-0.39, 0.29) is 23.3 Å². The van der Waals surface area contributed by atoms with Gasteiger partial charge in [0.15, 0.2) is 0 Å². The second kappa shape index (κ2) is 23.4. The lowest BCUT2D eigenvalue weighted by Crippen LogP contribution is -2.66. The van der Waals surface area contributed by atoms with Gasteiger partial charge in [0.05, 0.1) is 0 Å². The summed E-state index contributed by atoms with van der Waals surface area (Å²) in [4.78, 5) is 0. The maximum atomic E-state index is 8.85. The Hall–Kier alpha value is -3.55. The molecular weight excluding hydrogens is 697 g/mol. The van der Waals surface area contributed by atoms with Crippen LogP contribution in [0.4, 0.5) is 0 Å². The van der Waals surface area contributed by atoms with Gasteiger partial charge in [0, 0.05) is 39.3 Å². The Morgan fingerprint density at radius 1 is 0.463 bits per heavy atom. The fourth-order valence-corrected chi connectivity index (χ4v) is 16.3. The van der Waals surface area contributed by atoms with E-state index in [1.807, 2.05) is 0 Å². The lowest BCUT2D eigenvalue weighted by Gasteiger charge is -2.43. The number of hydrogen-bond donors (Lipinski definition) is 2. The molecule has 0 atom stereocenters. The topological polar surface area (TPSA) is 58.9 Å². The Bertz CT molecular complexity index is 1570. The smallest absolute Gasteiger partial charge is 0.261 e. The maximum absolute atomic E-state index is 8.85. The van der Waals surface area contributed by atoms with Gasteiger partial charge in [-0.05, 0) is 69.3 Å². The highest BCUT2D eigenvalue weighted by molar-refractivity contribution is 7.00. The van der Waals surface area contributed by atoms with Crippen molar-refractivity contribution in [2.75, 3.05) is 26.4 Å². The van der Waals surface area contributed by atoms with Crippen molar-refractivity contribution in [1.82, 2.24) is 0 Å². The Balaban J connectivity index is 0.000000290. The van der Waals surface area contributed by atoms with Crippen molar-refractivity contribution >= 4 is 37.4 Å². The zero-order valence-corrected chi connectivity index (χ0v) is 35.9. The number of allylic oxidation sites excluding steroid dienone is 1. The Kier molecular flexibility index (Phi) is 19.4. The Morgan fingerprint density at radius 3 is 1.20 bits per heavy atom. The Labute approximate surface area is 330 Å². The van der Waals surface area contributed by atoms with E-state index >= 15 is 0 Å². The van der Waals surface area contributed by atoms with Crippen LogP contribution in [-0.2, 0) is 8.85 Å². The molecular formula is C48H66O4Si2. The number of aliphatic hydroxyl groups excluding tert-OH is 2. The van der Waals surface area contributed by atoms with Crippen LogP contribution in [0.5, 0.6) is 0 Å². The summed E-state index contributed by atoms with van der Waals surface area (Å²) < 4.78 is 13.6. The molecule has 0 radical (unpaired) electrons. The minimum Gasteiger partial charge on any atom is -0.407 e. The summed E-state index contributed by atoms with van der Waals surface area (Å²) >= 11 is 0. The van der Waals surface area contributed by atoms with E-state index in [2.05, 4.69) is 187 Å². The van der Waals surface area contributed by atoms with Crippen molar-refractivity contribution in [2.45, 2.75) is 103 Å². The fourth-order valence-electron chi connectivity index (χ4n) is 7.17. The van der Waals surface area contributed by atoms with Gasteiger partial charge in [-0.25, -0.2) is 0 Å². The molecule has 0 aromatic heterocycles. The maximum Gasteiger partial charge on any atom is 0.261 e. The molecule has 0 spiro atoms. The lowest BCUT2D eigenvalue weighted by atomic mass is 10.2. The van der Waals surface area contributed by atoms with Crippen molar-refractivity contribution in [3.63, 3.8) is 0 Å². The van der Waals surface area contributed by atoms with Gasteiger partial charge in [-0.2, -0.15) is 0 Å². The molecule has 290 valence electrons. The van der Waals surface area contributed by atoms with E-state index < -0.39 is 16.6 Å². The van der Waals surface area contributed by atoms with E-state index in [4.69, 9.17) is 19.1 Å². The molecule has 0 unspecified atom stereocenters. The van der Waals surface area contributed by atoms with Crippen LogP contribution in [0.25, 0.3) is 0 Å². The standard InChI is InChI=1S/C24H34O2Si.C24H32O2Si/c2*1-24(2,3)27(22-16-10-8-11-17-22,23-18-12-9-13-19-23)26-21-15-7-5-4-6-14-20-25/h5,7-13,16-19,25H,4,6,14-15,20-21H2,1-3H3;8-13,16-19,25H,4,6,14-15,20-21H2,1-3H3/b7-5-;. The van der Waals surface area contributed by atoms with Crippen molar-refractivity contribution < 1.29 is 19.1 Å². The van der Waals surface area contributed by atoms with Crippen molar-refractivity contribution in [3.8, 4) is 11.8 Å². The number of rotatable bonds is 18. The predicted molar refractivity (Wildman–Crippen MR) is 235 cm³/mol. The summed E-state index contributed by atoms with van der Waals surface area (Å²) in [5, 5.41) is 23.0. The van der Waals surface area contributed by atoms with Gasteiger partial charge in [-0.3, -0.25) is 0 Å². The first kappa shape index (κ1) is 44.8. The van der Waals surface area contributed by atoms with Crippen LogP contribution >= 0.6 is 0 Å². The van der Waals surface area contributed by atoms with Crippen LogP contribution in [-0.4, -0.2) is 53.3 Å². The Morgan fingerprint density at radius 2 is 0.815 bits per heavy atom. The van der Waals surface area contributed by atoms with Gasteiger partial charge in [-0.15, -0.1) is 11.8 Å². The summed E-state index contributed by atoms with van der Waals surface area (Å²) in [5.74, 6) is 6.44. The third-order valence-corrected chi connectivity index (χ3v) is 19.8. The van der Waals surface area contributed by atoms with E-state index in [1.165, 1.54) is 20.7 Å². The van der Waals surface area contributed by atoms with Crippen LogP contribution in [0.2, 0.25) is 10.1 Å². The first-order valence-corrected chi connectivity index (χ1v) is 23.7. The molecule has 4 nitrogen and oxygen atoms in total. The third kappa shape index (κ3) is 12.8. The molecule has 0 bridgehead atoms. The molecule has 4 aromatic rings. The van der Waals surface area contributed by atoms with Gasteiger partial charge in [0.2, 0.25) is 0 Å². The molecule has 0 amide bonds. The first-order chi connectivity index (χ1) is 26.0. The summed E-state index contributed by atoms with van der Waals surface area (Å²) in [6.07, 6.45) is 11.7. The van der Waals surface area contributed by atoms with Gasteiger partial charge in [-0.1, -0.05) is 175 Å². The highest BCUT2D eigenvalue weighted by Gasteiger charge is 2.51. The van der Waals surface area contributed by atoms with Crippen molar-refractivity contribution in [2.24, 2.45) is 0 Å². The van der Waals surface area contributed by atoms with Crippen molar-refractivity contribution in [1.29, 1.82) is 0 Å². The third-order valence-electron chi connectivity index (χ3n) is 9.76. The van der Waals surface area contributed by atoms with Gasteiger partial charge < -0.3 is 19.1 Å². The summed E-state index contributed by atoms with van der Waals surface area (Å²) in [6.45, 7) is 15.7. The molecule has 0 aliphatic rings. The summed E-state index contributed by atoms with van der Waals surface area (Å²) in [6, 6.07) is 43.0. The highest BCUT2D eigenvalue weighted by atomic mass is 28.4. The average Bonchev–Trinajstić information content (AvgIpc) is 3.17. The molecule has 0 heterocycles. The van der Waals surface area contributed by atoms with Crippen LogP contribution in [0, 0.1) is 11.8 Å². The molecule has 0 saturated heterocycles. The average molecular weight is 763 g/mol. The summed E-state index contributed by atoms with van der Waals surface area (Å²) in [5.41, 5.74) is 0. The zero-order valence-electron chi connectivity index (χ0n) is 33.9. The largest absolute Gasteiger partial charge is 0.407 e. The molecule has 0 saturated carbocycles. The van der Waals surface area contributed by atoms with E-state index in [1.54, 1.807) is 0 Å². The zero-order chi connectivity index (χ0) is 39.2. The van der Waals surface area contributed by atoms with E-state index in [0.717, 1.165) is 58.0 Å². The predicted octanol–water partition coefficient (Wildman–Crippen LogP) is 8.79. The van der Waals surface area contributed by atoms with Crippen LogP contribution < -0.4 is 20.7 Å². The molecule has 54 heavy (non-hydrogen) atoms. The molecule has 4 aromatic carbocycles. The van der Waals surface area contributed by atoms with Gasteiger partial charge in [0.25, 0.3) is 16.6 Å². The van der Waals surface area contributed by atoms with Gasteiger partial charge in [0.1, 0.15) is 0 Å². The molecule has 4 rings (SSSR count). The molecule has 0 fully saturated rings. The van der Waals surface area contributed by atoms with Gasteiger partial charge >= 0.3 is 0 Å². The van der Waals surface area contributed by atoms with E-state index in [9.17, 15) is 0 Å². The minimum atomic E-state index is -2.43. The summed E-state index contributed by atoms with van der Waals surface area (Å²) in [7, 11) is -4.83. The normalized spacial score (nSPS) is 12.1. The number of aliphatic hydroxyl groups is 2. The quantitative estimate of drug-likeness (QED) is 0.0461. The van der Waals surface area contributed by atoms with Crippen LogP contribution in [0.1, 0.15) is 92.9 Å². The second-order valence-electron chi connectivity index (χ2n) is 15.8. The molecule has 0 aliphatic heterocycles. The molecule has 6 heteroatoms.